The molecule has 0 spiro atoms. The van der Waals surface area contributed by atoms with Crippen molar-refractivity contribution in [3.8, 4) is 11.4 Å². The lowest BCUT2D eigenvalue weighted by Crippen LogP contribution is -2.47. The molecule has 3 aromatic rings. The number of anilines is 1. The first kappa shape index (κ1) is 21.5. The zero-order valence-corrected chi connectivity index (χ0v) is 17.5. The number of rotatable bonds is 7. The van der Waals surface area contributed by atoms with Gasteiger partial charge >= 0.3 is 0 Å². The highest BCUT2D eigenvalue weighted by molar-refractivity contribution is 6.01. The van der Waals surface area contributed by atoms with Crippen LogP contribution in [0.4, 0.5) is 14.5 Å². The van der Waals surface area contributed by atoms with Gasteiger partial charge in [-0.15, -0.1) is 5.10 Å². The quantitative estimate of drug-likeness (QED) is 0.587. The fraction of sp³-hybridized carbons (Fsp3) is 0.318. The molecule has 2 aromatic carbocycles. The fourth-order valence-electron chi connectivity index (χ4n) is 3.37. The molecule has 1 aliphatic carbocycles. The van der Waals surface area contributed by atoms with E-state index in [9.17, 15) is 18.4 Å². The molecule has 10 heteroatoms. The van der Waals surface area contributed by atoms with Crippen molar-refractivity contribution in [1.29, 1.82) is 0 Å². The van der Waals surface area contributed by atoms with Crippen molar-refractivity contribution >= 4 is 17.5 Å². The molecule has 1 fully saturated rings. The molecule has 0 saturated heterocycles. The second kappa shape index (κ2) is 8.81. The molecule has 1 aliphatic rings. The van der Waals surface area contributed by atoms with E-state index in [1.807, 2.05) is 6.07 Å². The summed E-state index contributed by atoms with van der Waals surface area (Å²) >= 11 is 0. The summed E-state index contributed by atoms with van der Waals surface area (Å²) in [6.07, 6.45) is 2.04. The van der Waals surface area contributed by atoms with Gasteiger partial charge in [0.2, 0.25) is 5.91 Å². The van der Waals surface area contributed by atoms with Gasteiger partial charge in [0, 0.05) is 11.3 Å². The van der Waals surface area contributed by atoms with Crippen LogP contribution in [-0.2, 0) is 4.79 Å². The number of carbonyl (C=O) groups is 2. The van der Waals surface area contributed by atoms with Crippen LogP contribution in [-0.4, -0.2) is 38.1 Å². The monoisotopic (exact) mass is 440 g/mol. The van der Waals surface area contributed by atoms with Crippen LogP contribution in [0.3, 0.4) is 0 Å². The average Bonchev–Trinajstić information content (AvgIpc) is 3.48. The number of amides is 2. The van der Waals surface area contributed by atoms with Crippen LogP contribution in [0.1, 0.15) is 43.1 Å². The number of benzene rings is 2. The summed E-state index contributed by atoms with van der Waals surface area (Å²) in [5.74, 6) is -3.22. The first-order chi connectivity index (χ1) is 15.3. The van der Waals surface area contributed by atoms with Crippen LogP contribution in [0.5, 0.6) is 0 Å². The van der Waals surface area contributed by atoms with Gasteiger partial charge < -0.3 is 10.6 Å². The fourth-order valence-corrected chi connectivity index (χ4v) is 3.37. The molecule has 0 aliphatic heterocycles. The summed E-state index contributed by atoms with van der Waals surface area (Å²) in [4.78, 5) is 25.4. The largest absolute Gasteiger partial charge is 0.340 e. The average molecular weight is 440 g/mol. The number of aromatic nitrogens is 4. The first-order valence-electron chi connectivity index (χ1n) is 10.3. The van der Waals surface area contributed by atoms with E-state index in [1.54, 1.807) is 36.7 Å². The van der Waals surface area contributed by atoms with Crippen molar-refractivity contribution in [3.05, 3.63) is 59.7 Å². The molecule has 0 radical (unpaired) electrons. The Balaban J connectivity index is 1.51. The van der Waals surface area contributed by atoms with Gasteiger partial charge in [0.1, 0.15) is 23.2 Å². The maximum atomic E-state index is 14.0. The molecule has 2 amide bonds. The summed E-state index contributed by atoms with van der Waals surface area (Å²) in [5, 5.41) is 17.1. The minimum Gasteiger partial charge on any atom is -0.340 e. The van der Waals surface area contributed by atoms with Crippen LogP contribution in [0.2, 0.25) is 0 Å². The van der Waals surface area contributed by atoms with Crippen molar-refractivity contribution in [2.75, 3.05) is 5.32 Å². The summed E-state index contributed by atoms with van der Waals surface area (Å²) < 4.78 is 29.7. The van der Waals surface area contributed by atoms with E-state index in [1.165, 1.54) is 6.07 Å². The molecule has 1 heterocycles. The van der Waals surface area contributed by atoms with Crippen LogP contribution >= 0.6 is 0 Å². The molecule has 32 heavy (non-hydrogen) atoms. The van der Waals surface area contributed by atoms with Crippen molar-refractivity contribution in [2.45, 2.75) is 38.8 Å². The van der Waals surface area contributed by atoms with Crippen LogP contribution in [0, 0.1) is 17.6 Å². The predicted molar refractivity (Wildman–Crippen MR) is 113 cm³/mol. The SMILES string of the molecule is CC(C)C(NC(=O)c1c(F)cccc1F)C(=O)Nc1cccc(-c2nnnn2C2CC2)c1. The Morgan fingerprint density at radius 3 is 2.44 bits per heavy atom. The summed E-state index contributed by atoms with van der Waals surface area (Å²) in [7, 11) is 0. The lowest BCUT2D eigenvalue weighted by atomic mass is 10.0. The molecular weight excluding hydrogens is 418 g/mol. The molecule has 1 unspecified atom stereocenters. The molecule has 8 nitrogen and oxygen atoms in total. The van der Waals surface area contributed by atoms with Gasteiger partial charge in [0.15, 0.2) is 5.82 Å². The van der Waals surface area contributed by atoms with Gasteiger partial charge in [0.25, 0.3) is 5.91 Å². The Morgan fingerprint density at radius 1 is 1.09 bits per heavy atom. The van der Waals surface area contributed by atoms with Gasteiger partial charge in [-0.3, -0.25) is 9.59 Å². The Labute approximate surface area is 183 Å². The van der Waals surface area contributed by atoms with Crippen molar-refractivity contribution < 1.29 is 18.4 Å². The van der Waals surface area contributed by atoms with E-state index >= 15 is 0 Å². The Morgan fingerprint density at radius 2 is 1.78 bits per heavy atom. The van der Waals surface area contributed by atoms with Crippen molar-refractivity contribution in [2.24, 2.45) is 5.92 Å². The van der Waals surface area contributed by atoms with Gasteiger partial charge in [-0.2, -0.15) is 0 Å². The summed E-state index contributed by atoms with van der Waals surface area (Å²) in [6.45, 7) is 3.45. The summed E-state index contributed by atoms with van der Waals surface area (Å²) in [5.41, 5.74) is 0.493. The molecule has 0 bridgehead atoms. The normalized spacial score (nSPS) is 14.3. The third kappa shape index (κ3) is 4.48. The lowest BCUT2D eigenvalue weighted by molar-refractivity contribution is -0.118. The third-order valence-corrected chi connectivity index (χ3v) is 5.20. The van der Waals surface area contributed by atoms with Crippen molar-refractivity contribution in [3.63, 3.8) is 0 Å². The van der Waals surface area contributed by atoms with E-state index in [0.717, 1.165) is 30.5 Å². The number of nitrogens with zero attached hydrogens (tertiary/aromatic N) is 4. The topological polar surface area (TPSA) is 102 Å². The first-order valence-corrected chi connectivity index (χ1v) is 10.3. The van der Waals surface area contributed by atoms with Gasteiger partial charge in [-0.1, -0.05) is 32.0 Å². The van der Waals surface area contributed by atoms with Gasteiger partial charge in [-0.25, -0.2) is 13.5 Å². The number of halogens is 2. The molecule has 1 aromatic heterocycles. The second-order valence-corrected chi connectivity index (χ2v) is 8.04. The number of tetrazole rings is 1. The maximum Gasteiger partial charge on any atom is 0.257 e. The number of hydrogen-bond donors (Lipinski definition) is 2. The van der Waals surface area contributed by atoms with E-state index in [4.69, 9.17) is 0 Å². The van der Waals surface area contributed by atoms with E-state index in [0.29, 0.717) is 11.5 Å². The highest BCUT2D eigenvalue weighted by Crippen LogP contribution is 2.36. The predicted octanol–water partition coefficient (Wildman–Crippen LogP) is 3.35. The molecule has 4 rings (SSSR count). The number of nitrogens with one attached hydrogen (secondary N) is 2. The molecular formula is C22H22F2N6O2. The van der Waals surface area contributed by atoms with Gasteiger partial charge in [-0.05, 0) is 53.5 Å². The van der Waals surface area contributed by atoms with E-state index in [-0.39, 0.29) is 12.0 Å². The Hall–Kier alpha value is -3.69. The minimum atomic E-state index is -1.01. The van der Waals surface area contributed by atoms with E-state index in [2.05, 4.69) is 26.2 Å². The summed E-state index contributed by atoms with van der Waals surface area (Å²) in [6, 6.07) is 9.45. The highest BCUT2D eigenvalue weighted by atomic mass is 19.1. The Kier molecular flexibility index (Phi) is 5.93. The molecule has 1 atom stereocenters. The second-order valence-electron chi connectivity index (χ2n) is 8.04. The highest BCUT2D eigenvalue weighted by Gasteiger charge is 2.29. The van der Waals surface area contributed by atoms with Crippen LogP contribution in [0.25, 0.3) is 11.4 Å². The van der Waals surface area contributed by atoms with E-state index < -0.39 is 35.1 Å². The lowest BCUT2D eigenvalue weighted by Gasteiger charge is -2.22. The number of hydrogen-bond acceptors (Lipinski definition) is 5. The van der Waals surface area contributed by atoms with Crippen LogP contribution < -0.4 is 10.6 Å². The zero-order chi connectivity index (χ0) is 22.8. The van der Waals surface area contributed by atoms with Crippen molar-refractivity contribution in [1.82, 2.24) is 25.5 Å². The standard InChI is InChI=1S/C22H22F2N6O2/c1-12(2)19(26-21(31)18-16(23)7-4-8-17(18)24)22(32)25-14-6-3-5-13(11-14)20-27-28-29-30(20)15-9-10-15/h3-8,11-12,15,19H,9-10H2,1-2H3,(H,25,32)(H,26,31). The minimum absolute atomic E-state index is 0.289. The zero-order valence-electron chi connectivity index (χ0n) is 17.5. The molecule has 1 saturated carbocycles. The third-order valence-electron chi connectivity index (χ3n) is 5.20. The Bertz CT molecular complexity index is 1140. The van der Waals surface area contributed by atoms with Gasteiger partial charge in [0.05, 0.1) is 6.04 Å². The molecule has 166 valence electrons. The van der Waals surface area contributed by atoms with Crippen LogP contribution in [0.15, 0.2) is 42.5 Å². The smallest absolute Gasteiger partial charge is 0.257 e. The maximum absolute atomic E-state index is 14.0. The molecule has 2 N–H and O–H groups in total. The number of carbonyl (C=O) groups excluding carboxylic acids is 2.